The zero-order valence-corrected chi connectivity index (χ0v) is 7.19. The van der Waals surface area contributed by atoms with Crippen LogP contribution in [0, 0.1) is 0 Å². The van der Waals surface area contributed by atoms with Gasteiger partial charge in [0.05, 0.1) is 6.10 Å². The Morgan fingerprint density at radius 2 is 2.42 bits per heavy atom. The van der Waals surface area contributed by atoms with E-state index in [4.69, 9.17) is 9.47 Å². The van der Waals surface area contributed by atoms with Crippen LogP contribution in [0.1, 0.15) is 13.8 Å². The van der Waals surface area contributed by atoms with Gasteiger partial charge < -0.3 is 9.47 Å². The lowest BCUT2D eigenvalue weighted by atomic mass is 10.4. The largest absolute Gasteiger partial charge is 0.495 e. The Hall–Kier alpha value is -1.25. The fourth-order valence-electron chi connectivity index (χ4n) is 0.769. The molecule has 0 N–H and O–H groups in total. The molecule has 1 atom stereocenters. The van der Waals surface area contributed by atoms with Crippen LogP contribution in [0.3, 0.4) is 0 Å². The van der Waals surface area contributed by atoms with Crippen LogP contribution in [-0.2, 0) is 14.3 Å². The highest BCUT2D eigenvalue weighted by Gasteiger charge is 2.12. The SMILES string of the molecule is CC(C)OC=C1C=CC(C=O)O1. The molecule has 1 heterocycles. The first-order valence-corrected chi connectivity index (χ1v) is 3.88. The molecular weight excluding hydrogens is 156 g/mol. The van der Waals surface area contributed by atoms with Gasteiger partial charge in [0, 0.05) is 0 Å². The number of carbonyl (C=O) groups excluding carboxylic acids is 1. The molecule has 0 bridgehead atoms. The molecule has 66 valence electrons. The summed E-state index contributed by atoms with van der Waals surface area (Å²) in [5.41, 5.74) is 0. The summed E-state index contributed by atoms with van der Waals surface area (Å²) in [6.07, 6.45) is 5.36. The van der Waals surface area contributed by atoms with Gasteiger partial charge in [0.25, 0.3) is 0 Å². The number of allylic oxidation sites excluding steroid dienone is 1. The van der Waals surface area contributed by atoms with Gasteiger partial charge in [0.1, 0.15) is 6.26 Å². The third-order valence-corrected chi connectivity index (χ3v) is 1.31. The van der Waals surface area contributed by atoms with Gasteiger partial charge in [-0.15, -0.1) is 0 Å². The number of aldehydes is 1. The summed E-state index contributed by atoms with van der Waals surface area (Å²) in [7, 11) is 0. The number of carbonyl (C=O) groups is 1. The topological polar surface area (TPSA) is 35.5 Å². The Morgan fingerprint density at radius 1 is 1.67 bits per heavy atom. The predicted octanol–water partition coefficient (Wildman–Crippen LogP) is 1.41. The van der Waals surface area contributed by atoms with Crippen LogP contribution in [0.25, 0.3) is 0 Å². The number of ether oxygens (including phenoxy) is 2. The highest BCUT2D eigenvalue weighted by molar-refractivity contribution is 5.61. The minimum absolute atomic E-state index is 0.129. The third-order valence-electron chi connectivity index (χ3n) is 1.31. The maximum absolute atomic E-state index is 10.2. The third kappa shape index (κ3) is 2.42. The first kappa shape index (κ1) is 8.84. The van der Waals surface area contributed by atoms with E-state index in [9.17, 15) is 4.79 Å². The van der Waals surface area contributed by atoms with Gasteiger partial charge in [0.2, 0.25) is 0 Å². The number of hydrogen-bond acceptors (Lipinski definition) is 3. The first-order valence-electron chi connectivity index (χ1n) is 3.88. The maximum atomic E-state index is 10.2. The van der Waals surface area contributed by atoms with Crippen molar-refractivity contribution in [3.63, 3.8) is 0 Å². The molecule has 1 rings (SSSR count). The molecule has 0 aromatic heterocycles. The van der Waals surface area contributed by atoms with E-state index < -0.39 is 6.10 Å². The molecule has 3 nitrogen and oxygen atoms in total. The second-order valence-electron chi connectivity index (χ2n) is 2.78. The van der Waals surface area contributed by atoms with Crippen molar-refractivity contribution in [3.05, 3.63) is 24.2 Å². The second-order valence-corrected chi connectivity index (χ2v) is 2.78. The number of hydrogen-bond donors (Lipinski definition) is 0. The van der Waals surface area contributed by atoms with E-state index in [-0.39, 0.29) is 6.10 Å². The summed E-state index contributed by atoms with van der Waals surface area (Å²) in [4.78, 5) is 10.2. The molecule has 0 spiro atoms. The molecule has 1 aliphatic rings. The maximum Gasteiger partial charge on any atom is 0.172 e. The first-order chi connectivity index (χ1) is 5.72. The molecule has 0 saturated carbocycles. The van der Waals surface area contributed by atoms with Crippen molar-refractivity contribution in [1.29, 1.82) is 0 Å². The summed E-state index contributed by atoms with van der Waals surface area (Å²) in [6, 6.07) is 0. The zero-order valence-electron chi connectivity index (χ0n) is 7.19. The monoisotopic (exact) mass is 168 g/mol. The van der Waals surface area contributed by atoms with Crippen molar-refractivity contribution >= 4 is 6.29 Å². The molecule has 0 aromatic rings. The predicted molar refractivity (Wildman–Crippen MR) is 44.4 cm³/mol. The van der Waals surface area contributed by atoms with Crippen molar-refractivity contribution < 1.29 is 14.3 Å². The lowest BCUT2D eigenvalue weighted by Gasteiger charge is -2.06. The minimum Gasteiger partial charge on any atom is -0.495 e. The van der Waals surface area contributed by atoms with Crippen LogP contribution in [0.5, 0.6) is 0 Å². The normalized spacial score (nSPS) is 24.6. The van der Waals surface area contributed by atoms with Crippen molar-refractivity contribution in [1.82, 2.24) is 0 Å². The average molecular weight is 168 g/mol. The molecule has 1 unspecified atom stereocenters. The summed E-state index contributed by atoms with van der Waals surface area (Å²) in [6.45, 7) is 3.85. The summed E-state index contributed by atoms with van der Waals surface area (Å²) < 4.78 is 10.3. The standard InChI is InChI=1S/C9H12O3/c1-7(2)11-6-9-4-3-8(5-10)12-9/h3-8H,1-2H3. The Bertz CT molecular complexity index is 216. The van der Waals surface area contributed by atoms with E-state index in [0.29, 0.717) is 5.76 Å². The van der Waals surface area contributed by atoms with E-state index in [1.165, 1.54) is 6.26 Å². The molecule has 0 aliphatic carbocycles. The Labute approximate surface area is 71.7 Å². The van der Waals surface area contributed by atoms with E-state index in [2.05, 4.69) is 0 Å². The Morgan fingerprint density at radius 3 is 2.92 bits per heavy atom. The summed E-state index contributed by atoms with van der Waals surface area (Å²) in [5, 5.41) is 0. The van der Waals surface area contributed by atoms with Gasteiger partial charge in [-0.1, -0.05) is 0 Å². The van der Waals surface area contributed by atoms with Crippen molar-refractivity contribution in [3.8, 4) is 0 Å². The zero-order chi connectivity index (χ0) is 8.97. The average Bonchev–Trinajstić information content (AvgIpc) is 2.48. The fourth-order valence-corrected chi connectivity index (χ4v) is 0.769. The van der Waals surface area contributed by atoms with Crippen LogP contribution in [0.15, 0.2) is 24.2 Å². The summed E-state index contributed by atoms with van der Waals surface area (Å²) >= 11 is 0. The molecule has 1 aliphatic heterocycles. The van der Waals surface area contributed by atoms with Crippen LogP contribution in [-0.4, -0.2) is 18.5 Å². The van der Waals surface area contributed by atoms with Gasteiger partial charge in [-0.2, -0.15) is 0 Å². The highest BCUT2D eigenvalue weighted by Crippen LogP contribution is 2.13. The lowest BCUT2D eigenvalue weighted by molar-refractivity contribution is -0.113. The van der Waals surface area contributed by atoms with Gasteiger partial charge in [-0.3, -0.25) is 4.79 Å². The number of rotatable bonds is 3. The van der Waals surface area contributed by atoms with Crippen LogP contribution in [0.4, 0.5) is 0 Å². The summed E-state index contributed by atoms with van der Waals surface area (Å²) in [5.74, 6) is 0.598. The molecule has 0 aromatic carbocycles. The molecule has 0 fully saturated rings. The molecule has 3 heteroatoms. The smallest absolute Gasteiger partial charge is 0.172 e. The highest BCUT2D eigenvalue weighted by atomic mass is 16.5. The van der Waals surface area contributed by atoms with Gasteiger partial charge in [-0.25, -0.2) is 0 Å². The van der Waals surface area contributed by atoms with Crippen LogP contribution in [0.2, 0.25) is 0 Å². The van der Waals surface area contributed by atoms with Gasteiger partial charge in [-0.05, 0) is 26.0 Å². The van der Waals surface area contributed by atoms with Crippen molar-refractivity contribution in [2.45, 2.75) is 26.1 Å². The fraction of sp³-hybridized carbons (Fsp3) is 0.444. The van der Waals surface area contributed by atoms with E-state index in [1.54, 1.807) is 12.2 Å². The lowest BCUT2D eigenvalue weighted by Crippen LogP contribution is -2.04. The van der Waals surface area contributed by atoms with Crippen LogP contribution < -0.4 is 0 Å². The molecule has 0 saturated heterocycles. The molecule has 0 amide bonds. The second kappa shape index (κ2) is 3.95. The van der Waals surface area contributed by atoms with E-state index >= 15 is 0 Å². The van der Waals surface area contributed by atoms with Gasteiger partial charge >= 0.3 is 0 Å². The van der Waals surface area contributed by atoms with Crippen LogP contribution >= 0.6 is 0 Å². The molecule has 0 radical (unpaired) electrons. The minimum atomic E-state index is -0.438. The van der Waals surface area contributed by atoms with E-state index in [1.807, 2.05) is 13.8 Å². The Kier molecular flexibility index (Phi) is 2.91. The molecular formula is C9H12O3. The van der Waals surface area contributed by atoms with Gasteiger partial charge in [0.15, 0.2) is 18.1 Å². The van der Waals surface area contributed by atoms with Crippen molar-refractivity contribution in [2.75, 3.05) is 0 Å². The molecule has 12 heavy (non-hydrogen) atoms. The Balaban J connectivity index is 2.42. The van der Waals surface area contributed by atoms with Crippen molar-refractivity contribution in [2.24, 2.45) is 0 Å². The quantitative estimate of drug-likeness (QED) is 0.472. The van der Waals surface area contributed by atoms with E-state index in [0.717, 1.165) is 6.29 Å².